The number of pyridine rings is 1. The molecule has 3 aromatic carbocycles. The van der Waals surface area contributed by atoms with Crippen LogP contribution in [0.2, 0.25) is 0 Å². The van der Waals surface area contributed by atoms with Gasteiger partial charge in [0, 0.05) is 48.7 Å². The van der Waals surface area contributed by atoms with Gasteiger partial charge in [-0.15, -0.1) is 0 Å². The normalized spacial score (nSPS) is 11.6. The van der Waals surface area contributed by atoms with Crippen LogP contribution in [0.15, 0.2) is 72.9 Å². The number of aliphatic hydroxyl groups is 2. The Morgan fingerprint density at radius 3 is 2.05 bits per heavy atom. The monoisotopic (exact) mass is 545 g/mol. The zero-order valence-electron chi connectivity index (χ0n) is 23.7. The molecule has 40 heavy (non-hydrogen) atoms. The molecule has 0 aliphatic carbocycles. The number of anilines is 2. The Morgan fingerprint density at radius 1 is 0.800 bits per heavy atom. The van der Waals surface area contributed by atoms with Gasteiger partial charge in [0.05, 0.1) is 25.8 Å². The van der Waals surface area contributed by atoms with E-state index < -0.39 is 0 Å². The van der Waals surface area contributed by atoms with Crippen molar-refractivity contribution in [3.8, 4) is 23.0 Å². The highest BCUT2D eigenvalue weighted by Gasteiger charge is 2.14. The van der Waals surface area contributed by atoms with Crippen molar-refractivity contribution in [3.05, 3.63) is 78.5 Å². The number of benzene rings is 3. The van der Waals surface area contributed by atoms with E-state index in [-0.39, 0.29) is 18.6 Å². The van der Waals surface area contributed by atoms with E-state index in [9.17, 15) is 10.2 Å². The van der Waals surface area contributed by atoms with Crippen LogP contribution in [0.1, 0.15) is 26.3 Å². The molecule has 1 aromatic heterocycles. The maximum atomic E-state index is 9.24. The molecule has 0 bridgehead atoms. The zero-order chi connectivity index (χ0) is 28.5. The van der Waals surface area contributed by atoms with Crippen LogP contribution >= 0.6 is 0 Å². The van der Waals surface area contributed by atoms with Gasteiger partial charge in [-0.3, -0.25) is 9.88 Å². The minimum atomic E-state index is 0.0211. The number of ether oxygens (including phenoxy) is 3. The van der Waals surface area contributed by atoms with Crippen LogP contribution in [0, 0.1) is 0 Å². The van der Waals surface area contributed by atoms with Crippen molar-refractivity contribution in [1.29, 1.82) is 0 Å². The minimum Gasteiger partial charge on any atom is -0.493 e. The van der Waals surface area contributed by atoms with Gasteiger partial charge in [0.25, 0.3) is 0 Å². The van der Waals surface area contributed by atoms with Gasteiger partial charge in [-0.2, -0.15) is 0 Å². The van der Waals surface area contributed by atoms with Crippen molar-refractivity contribution in [2.24, 2.45) is 0 Å². The van der Waals surface area contributed by atoms with E-state index in [1.807, 2.05) is 47.4 Å². The summed E-state index contributed by atoms with van der Waals surface area (Å²) in [6.07, 6.45) is 1.70. The van der Waals surface area contributed by atoms with Crippen LogP contribution < -0.4 is 19.5 Å². The van der Waals surface area contributed by atoms with Gasteiger partial charge >= 0.3 is 0 Å². The summed E-state index contributed by atoms with van der Waals surface area (Å²) in [6.45, 7) is 8.53. The van der Waals surface area contributed by atoms with E-state index in [0.29, 0.717) is 49.2 Å². The average Bonchev–Trinajstić information content (AvgIpc) is 2.94. The zero-order valence-corrected chi connectivity index (χ0v) is 23.7. The number of nitrogens with one attached hydrogen (secondary N) is 1. The minimum absolute atomic E-state index is 0.0211. The number of nitrogens with zero attached hydrogens (tertiary/aromatic N) is 2. The first-order valence-electron chi connectivity index (χ1n) is 13.5. The quantitative estimate of drug-likeness (QED) is 0.196. The number of aliphatic hydroxyl groups excluding tert-OH is 2. The summed E-state index contributed by atoms with van der Waals surface area (Å²) in [6, 6.07) is 21.8. The Kier molecular flexibility index (Phi) is 9.82. The standard InChI is InChI=1S/C32H39N3O5/c1-32(2,3)23-5-7-24(8-6-23)34-25-9-11-26(12-10-25)40-29-13-14-33-28-22-30(38-4)31(21-27(28)29)39-20-17-35(15-18-36)16-19-37/h5-14,21-22,34,36-37H,15-20H2,1-4H3. The first kappa shape index (κ1) is 29.1. The molecule has 0 saturated carbocycles. The third-order valence-electron chi connectivity index (χ3n) is 6.61. The summed E-state index contributed by atoms with van der Waals surface area (Å²) >= 11 is 0. The van der Waals surface area contributed by atoms with Gasteiger partial charge in [0.1, 0.15) is 18.1 Å². The van der Waals surface area contributed by atoms with Gasteiger partial charge in [0.15, 0.2) is 11.5 Å². The first-order chi connectivity index (χ1) is 19.3. The molecule has 4 aromatic rings. The summed E-state index contributed by atoms with van der Waals surface area (Å²) < 4.78 is 17.8. The maximum Gasteiger partial charge on any atom is 0.162 e. The highest BCUT2D eigenvalue weighted by atomic mass is 16.5. The fraction of sp³-hybridized carbons (Fsp3) is 0.344. The summed E-state index contributed by atoms with van der Waals surface area (Å²) in [5, 5.41) is 22.7. The van der Waals surface area contributed by atoms with Gasteiger partial charge in [-0.25, -0.2) is 0 Å². The molecule has 0 aliphatic heterocycles. The lowest BCUT2D eigenvalue weighted by Crippen LogP contribution is -2.33. The van der Waals surface area contributed by atoms with E-state index in [4.69, 9.17) is 14.2 Å². The second-order valence-corrected chi connectivity index (χ2v) is 10.5. The number of methoxy groups -OCH3 is 1. The number of hydrogen-bond donors (Lipinski definition) is 3. The molecular weight excluding hydrogens is 506 g/mol. The molecule has 0 unspecified atom stereocenters. The Morgan fingerprint density at radius 2 is 1.45 bits per heavy atom. The number of fused-ring (bicyclic) bond motifs is 1. The van der Waals surface area contributed by atoms with E-state index in [1.165, 1.54) is 5.56 Å². The molecule has 3 N–H and O–H groups in total. The lowest BCUT2D eigenvalue weighted by Gasteiger charge is -2.20. The van der Waals surface area contributed by atoms with Crippen LogP contribution in [-0.4, -0.2) is 66.7 Å². The maximum absolute atomic E-state index is 9.24. The number of hydrogen-bond acceptors (Lipinski definition) is 8. The van der Waals surface area contributed by atoms with Crippen molar-refractivity contribution in [2.45, 2.75) is 26.2 Å². The second kappa shape index (κ2) is 13.5. The van der Waals surface area contributed by atoms with Crippen LogP contribution in [-0.2, 0) is 5.41 Å². The third-order valence-corrected chi connectivity index (χ3v) is 6.61. The second-order valence-electron chi connectivity index (χ2n) is 10.5. The molecule has 0 amide bonds. The molecule has 0 radical (unpaired) electrons. The molecule has 4 rings (SSSR count). The highest BCUT2D eigenvalue weighted by molar-refractivity contribution is 5.88. The lowest BCUT2D eigenvalue weighted by atomic mass is 9.87. The summed E-state index contributed by atoms with van der Waals surface area (Å²) in [5.41, 5.74) is 4.13. The molecular formula is C32H39N3O5. The van der Waals surface area contributed by atoms with E-state index in [0.717, 1.165) is 22.3 Å². The van der Waals surface area contributed by atoms with E-state index in [1.54, 1.807) is 13.3 Å². The third kappa shape index (κ3) is 7.63. The van der Waals surface area contributed by atoms with Crippen LogP contribution in [0.5, 0.6) is 23.0 Å². The predicted molar refractivity (Wildman–Crippen MR) is 159 cm³/mol. The highest BCUT2D eigenvalue weighted by Crippen LogP contribution is 2.37. The van der Waals surface area contributed by atoms with Crippen molar-refractivity contribution < 1.29 is 24.4 Å². The Labute approximate surface area is 236 Å². The van der Waals surface area contributed by atoms with Gasteiger partial charge in [-0.1, -0.05) is 32.9 Å². The lowest BCUT2D eigenvalue weighted by molar-refractivity contribution is 0.140. The fourth-order valence-corrected chi connectivity index (χ4v) is 4.35. The fourth-order valence-electron chi connectivity index (χ4n) is 4.35. The Bertz CT molecular complexity index is 1360. The Balaban J connectivity index is 1.47. The van der Waals surface area contributed by atoms with Gasteiger partial charge in [-0.05, 0) is 59.5 Å². The molecule has 212 valence electrons. The molecule has 8 heteroatoms. The molecule has 0 saturated heterocycles. The SMILES string of the molecule is COc1cc2nccc(Oc3ccc(Nc4ccc(C(C)(C)C)cc4)cc3)c2cc1OCCN(CCO)CCO. The predicted octanol–water partition coefficient (Wildman–Crippen LogP) is 5.74. The smallest absolute Gasteiger partial charge is 0.162 e. The van der Waals surface area contributed by atoms with Gasteiger partial charge in [0.2, 0.25) is 0 Å². The molecule has 0 aliphatic rings. The van der Waals surface area contributed by atoms with Crippen molar-refractivity contribution in [3.63, 3.8) is 0 Å². The summed E-state index contributed by atoms with van der Waals surface area (Å²) in [5.74, 6) is 2.48. The molecule has 8 nitrogen and oxygen atoms in total. The Hall–Kier alpha value is -3.85. The number of aromatic nitrogens is 1. The van der Waals surface area contributed by atoms with Crippen LogP contribution in [0.25, 0.3) is 10.9 Å². The molecule has 0 fully saturated rings. The summed E-state index contributed by atoms with van der Waals surface area (Å²) in [4.78, 5) is 6.42. The van der Waals surface area contributed by atoms with Crippen LogP contribution in [0.3, 0.4) is 0 Å². The van der Waals surface area contributed by atoms with E-state index in [2.05, 4.69) is 55.3 Å². The van der Waals surface area contributed by atoms with Crippen molar-refractivity contribution in [1.82, 2.24) is 9.88 Å². The largest absolute Gasteiger partial charge is 0.493 e. The van der Waals surface area contributed by atoms with Crippen LogP contribution in [0.4, 0.5) is 11.4 Å². The topological polar surface area (TPSA) is 96.3 Å². The number of rotatable bonds is 13. The summed E-state index contributed by atoms with van der Waals surface area (Å²) in [7, 11) is 1.59. The molecule has 0 spiro atoms. The average molecular weight is 546 g/mol. The molecule has 0 atom stereocenters. The van der Waals surface area contributed by atoms with E-state index >= 15 is 0 Å². The van der Waals surface area contributed by atoms with Gasteiger partial charge < -0.3 is 29.7 Å². The van der Waals surface area contributed by atoms with Crippen molar-refractivity contribution in [2.75, 3.05) is 51.9 Å². The molecule has 1 heterocycles. The first-order valence-corrected chi connectivity index (χ1v) is 13.5. The van der Waals surface area contributed by atoms with Crippen molar-refractivity contribution >= 4 is 22.3 Å².